The number of rotatable bonds is 11. The number of hydrogen-bond acceptors (Lipinski definition) is 1. The van der Waals surface area contributed by atoms with Gasteiger partial charge < -0.3 is 5.11 Å². The molecule has 0 saturated carbocycles. The number of hydrogen-bond donors (Lipinski definition) is 1. The largest absolute Gasteiger partial charge is 0.472 e. The minimum absolute atomic E-state index is 1.00. The Morgan fingerprint density at radius 3 is 2.00 bits per heavy atom. The van der Waals surface area contributed by atoms with E-state index in [1.165, 1.54) is 64.2 Å². The Balaban J connectivity index is 3.15. The van der Waals surface area contributed by atoms with Crippen molar-refractivity contribution in [3.63, 3.8) is 0 Å². The SMILES string of the molecule is CCCCCCCCCCCCC=CC#CC(=O)O. The van der Waals surface area contributed by atoms with Gasteiger partial charge in [-0.1, -0.05) is 76.7 Å². The first-order valence-electron chi connectivity index (χ1n) is 7.67. The molecule has 0 aliphatic carbocycles. The van der Waals surface area contributed by atoms with Gasteiger partial charge in [-0.05, 0) is 18.9 Å². The summed E-state index contributed by atoms with van der Waals surface area (Å²) in [6.07, 6.45) is 18.0. The number of carboxylic acid groups (broad SMARTS) is 1. The first kappa shape index (κ1) is 17.8. The van der Waals surface area contributed by atoms with E-state index in [9.17, 15) is 4.79 Å². The van der Waals surface area contributed by atoms with E-state index >= 15 is 0 Å². The molecule has 19 heavy (non-hydrogen) atoms. The smallest absolute Gasteiger partial charge is 0.382 e. The van der Waals surface area contributed by atoms with Gasteiger partial charge in [0, 0.05) is 5.92 Å². The van der Waals surface area contributed by atoms with Gasteiger partial charge in [-0.15, -0.1) is 0 Å². The van der Waals surface area contributed by atoms with Crippen molar-refractivity contribution in [1.29, 1.82) is 0 Å². The molecule has 0 amide bonds. The molecule has 0 atom stereocenters. The van der Waals surface area contributed by atoms with Gasteiger partial charge in [0.15, 0.2) is 0 Å². The van der Waals surface area contributed by atoms with Crippen molar-refractivity contribution in [3.05, 3.63) is 12.2 Å². The topological polar surface area (TPSA) is 37.3 Å². The van der Waals surface area contributed by atoms with E-state index in [-0.39, 0.29) is 0 Å². The van der Waals surface area contributed by atoms with Crippen LogP contribution >= 0.6 is 0 Å². The zero-order valence-corrected chi connectivity index (χ0v) is 12.3. The van der Waals surface area contributed by atoms with Gasteiger partial charge >= 0.3 is 5.97 Å². The van der Waals surface area contributed by atoms with Crippen molar-refractivity contribution < 1.29 is 9.90 Å². The van der Waals surface area contributed by atoms with E-state index in [2.05, 4.69) is 18.8 Å². The van der Waals surface area contributed by atoms with Crippen molar-refractivity contribution in [1.82, 2.24) is 0 Å². The Hall–Kier alpha value is -1.23. The van der Waals surface area contributed by atoms with Gasteiger partial charge in [0.25, 0.3) is 0 Å². The summed E-state index contributed by atoms with van der Waals surface area (Å²) in [7, 11) is 0. The molecule has 0 aromatic rings. The molecule has 0 fully saturated rings. The Morgan fingerprint density at radius 2 is 1.47 bits per heavy atom. The molecule has 0 saturated heterocycles. The number of allylic oxidation sites excluding steroid dienone is 2. The average Bonchev–Trinajstić information content (AvgIpc) is 2.39. The molecule has 0 aromatic heterocycles. The first-order chi connectivity index (χ1) is 9.27. The molecule has 0 aliphatic heterocycles. The van der Waals surface area contributed by atoms with Crippen molar-refractivity contribution >= 4 is 5.97 Å². The van der Waals surface area contributed by atoms with Crippen molar-refractivity contribution in [2.24, 2.45) is 0 Å². The van der Waals surface area contributed by atoms with E-state index in [1.807, 2.05) is 6.08 Å². The fraction of sp³-hybridized carbons (Fsp3) is 0.706. The van der Waals surface area contributed by atoms with E-state index in [4.69, 9.17) is 5.11 Å². The van der Waals surface area contributed by atoms with E-state index in [1.54, 1.807) is 6.08 Å². The van der Waals surface area contributed by atoms with Crippen LogP contribution in [-0.2, 0) is 4.79 Å². The maximum Gasteiger partial charge on any atom is 0.382 e. The van der Waals surface area contributed by atoms with Gasteiger partial charge in [0.2, 0.25) is 0 Å². The summed E-state index contributed by atoms with van der Waals surface area (Å²) in [5, 5.41) is 8.30. The van der Waals surface area contributed by atoms with Crippen molar-refractivity contribution in [3.8, 4) is 11.8 Å². The molecule has 0 aromatic carbocycles. The highest BCUT2D eigenvalue weighted by molar-refractivity contribution is 5.86. The van der Waals surface area contributed by atoms with Gasteiger partial charge in [-0.2, -0.15) is 0 Å². The number of carbonyl (C=O) groups is 1. The van der Waals surface area contributed by atoms with Crippen LogP contribution in [0.5, 0.6) is 0 Å². The first-order valence-corrected chi connectivity index (χ1v) is 7.67. The molecule has 2 nitrogen and oxygen atoms in total. The Bertz CT molecular complexity index is 294. The fourth-order valence-electron chi connectivity index (χ4n) is 2.00. The number of carboxylic acids is 1. The molecule has 108 valence electrons. The van der Waals surface area contributed by atoms with Gasteiger partial charge in [0.1, 0.15) is 0 Å². The predicted octanol–water partition coefficient (Wildman–Crippen LogP) is 4.94. The number of unbranched alkanes of at least 4 members (excludes halogenated alkanes) is 10. The summed E-state index contributed by atoms with van der Waals surface area (Å²) in [6, 6.07) is 0. The van der Waals surface area contributed by atoms with Gasteiger partial charge in [-0.3, -0.25) is 0 Å². The average molecular weight is 264 g/mol. The molecule has 0 radical (unpaired) electrons. The van der Waals surface area contributed by atoms with Crippen LogP contribution < -0.4 is 0 Å². The maximum atomic E-state index is 10.1. The van der Waals surface area contributed by atoms with Crippen molar-refractivity contribution in [2.75, 3.05) is 0 Å². The Kier molecular flexibility index (Phi) is 13.9. The Morgan fingerprint density at radius 1 is 0.947 bits per heavy atom. The standard InChI is InChI=1S/C17H28O2/c1-2-3-4-5-6-7-8-9-10-11-12-13-14-15-16-17(18)19/h13-14H,2-12H2,1H3,(H,18,19). The monoisotopic (exact) mass is 264 g/mol. The normalized spacial score (nSPS) is 10.4. The molecule has 2 heteroatoms. The number of aliphatic carboxylic acids is 1. The quantitative estimate of drug-likeness (QED) is 0.424. The van der Waals surface area contributed by atoms with Crippen LogP contribution in [0.15, 0.2) is 12.2 Å². The van der Waals surface area contributed by atoms with Crippen LogP contribution in [-0.4, -0.2) is 11.1 Å². The summed E-state index contributed by atoms with van der Waals surface area (Å²) < 4.78 is 0. The second-order valence-electron chi connectivity index (χ2n) is 4.95. The fourth-order valence-corrected chi connectivity index (χ4v) is 2.00. The summed E-state index contributed by atoms with van der Waals surface area (Å²) in [4.78, 5) is 10.1. The molecule has 0 rings (SSSR count). The van der Waals surface area contributed by atoms with Gasteiger partial charge in [0.05, 0.1) is 0 Å². The van der Waals surface area contributed by atoms with Crippen LogP contribution in [0.2, 0.25) is 0 Å². The third-order valence-electron chi connectivity index (χ3n) is 3.10. The molecular weight excluding hydrogens is 236 g/mol. The second-order valence-corrected chi connectivity index (χ2v) is 4.95. The highest BCUT2D eigenvalue weighted by Crippen LogP contribution is 2.11. The molecular formula is C17H28O2. The summed E-state index contributed by atoms with van der Waals surface area (Å²) >= 11 is 0. The van der Waals surface area contributed by atoms with Crippen LogP contribution in [0.3, 0.4) is 0 Å². The zero-order valence-electron chi connectivity index (χ0n) is 12.3. The Labute approximate surface area is 118 Å². The lowest BCUT2D eigenvalue weighted by atomic mass is 10.1. The summed E-state index contributed by atoms with van der Waals surface area (Å²) in [6.45, 7) is 2.25. The zero-order chi connectivity index (χ0) is 14.2. The van der Waals surface area contributed by atoms with Crippen LogP contribution in [0, 0.1) is 11.8 Å². The second kappa shape index (κ2) is 14.8. The van der Waals surface area contributed by atoms with Crippen LogP contribution in [0.1, 0.15) is 77.6 Å². The van der Waals surface area contributed by atoms with Crippen LogP contribution in [0.25, 0.3) is 0 Å². The van der Waals surface area contributed by atoms with E-state index < -0.39 is 5.97 Å². The molecule has 1 N–H and O–H groups in total. The highest BCUT2D eigenvalue weighted by Gasteiger charge is 1.91. The van der Waals surface area contributed by atoms with Crippen LogP contribution in [0.4, 0.5) is 0 Å². The predicted molar refractivity (Wildman–Crippen MR) is 81.0 cm³/mol. The summed E-state index contributed by atoms with van der Waals surface area (Å²) in [5.41, 5.74) is 0. The highest BCUT2D eigenvalue weighted by atomic mass is 16.4. The van der Waals surface area contributed by atoms with E-state index in [0.29, 0.717) is 0 Å². The lowest BCUT2D eigenvalue weighted by molar-refractivity contribution is -0.130. The molecule has 0 unspecified atom stereocenters. The lowest BCUT2D eigenvalue weighted by Gasteiger charge is -2.01. The molecule has 0 heterocycles. The lowest BCUT2D eigenvalue weighted by Crippen LogP contribution is -1.85. The van der Waals surface area contributed by atoms with Gasteiger partial charge in [-0.25, -0.2) is 4.79 Å². The third kappa shape index (κ3) is 16.8. The minimum atomic E-state index is -1.07. The third-order valence-corrected chi connectivity index (χ3v) is 3.10. The minimum Gasteiger partial charge on any atom is -0.472 e. The summed E-state index contributed by atoms with van der Waals surface area (Å²) in [5.74, 6) is 3.49. The molecule has 0 aliphatic rings. The molecule has 0 bridgehead atoms. The molecule has 0 spiro atoms. The maximum absolute atomic E-state index is 10.1. The van der Waals surface area contributed by atoms with E-state index in [0.717, 1.165) is 6.42 Å². The van der Waals surface area contributed by atoms with Crippen molar-refractivity contribution in [2.45, 2.75) is 77.6 Å².